The average molecular weight is 309 g/mol. The highest BCUT2D eigenvalue weighted by Gasteiger charge is 2.27. The zero-order valence-corrected chi connectivity index (χ0v) is 14.7. The van der Waals surface area contributed by atoms with Gasteiger partial charge in [0.05, 0.1) is 0 Å². The largest absolute Gasteiger partial charge is 0.356 e. The van der Waals surface area contributed by atoms with Crippen LogP contribution in [0.1, 0.15) is 90.9 Å². The van der Waals surface area contributed by atoms with Crippen molar-refractivity contribution >= 4 is 11.7 Å². The van der Waals surface area contributed by atoms with Crippen LogP contribution in [-0.2, 0) is 9.59 Å². The van der Waals surface area contributed by atoms with Crippen LogP contribution in [0, 0.1) is 11.8 Å². The standard InChI is InChI=1S/C19H35NO2/c1-3-4-5-6-7-8-9-10-12-16(2)19(22)17-13-11-14-20-18(21)15-17/h16-17H,3-15H2,1-2H3,(H,20,21)/t16-,17-/m0/s1. The van der Waals surface area contributed by atoms with Crippen LogP contribution in [-0.4, -0.2) is 18.2 Å². The molecule has 0 radical (unpaired) electrons. The lowest BCUT2D eigenvalue weighted by molar-refractivity contribution is -0.130. The van der Waals surface area contributed by atoms with Gasteiger partial charge in [0.25, 0.3) is 0 Å². The first kappa shape index (κ1) is 19.2. The predicted molar refractivity (Wildman–Crippen MR) is 91.7 cm³/mol. The normalized spacial score (nSPS) is 20.3. The highest BCUT2D eigenvalue weighted by atomic mass is 16.2. The smallest absolute Gasteiger partial charge is 0.220 e. The molecule has 1 fully saturated rings. The third-order valence-corrected chi connectivity index (χ3v) is 4.86. The summed E-state index contributed by atoms with van der Waals surface area (Å²) in [5.74, 6) is 0.456. The monoisotopic (exact) mass is 309 g/mol. The molecule has 0 aromatic rings. The molecule has 128 valence electrons. The fourth-order valence-corrected chi connectivity index (χ4v) is 3.35. The number of Topliss-reactive ketones (excluding diaryl/α,β-unsaturated/α-hetero) is 1. The van der Waals surface area contributed by atoms with E-state index in [1.165, 1.54) is 44.9 Å². The van der Waals surface area contributed by atoms with Gasteiger partial charge in [-0.05, 0) is 19.3 Å². The Hall–Kier alpha value is -0.860. The minimum Gasteiger partial charge on any atom is -0.356 e. The van der Waals surface area contributed by atoms with Gasteiger partial charge in [-0.2, -0.15) is 0 Å². The molecule has 1 aliphatic rings. The van der Waals surface area contributed by atoms with E-state index in [0.717, 1.165) is 32.2 Å². The van der Waals surface area contributed by atoms with E-state index in [1.54, 1.807) is 0 Å². The molecule has 1 N–H and O–H groups in total. The Balaban J connectivity index is 2.12. The quantitative estimate of drug-likeness (QED) is 0.565. The van der Waals surface area contributed by atoms with Gasteiger partial charge in [-0.25, -0.2) is 0 Å². The van der Waals surface area contributed by atoms with Crippen LogP contribution in [0.2, 0.25) is 0 Å². The van der Waals surface area contributed by atoms with E-state index >= 15 is 0 Å². The van der Waals surface area contributed by atoms with Gasteiger partial charge in [-0.3, -0.25) is 9.59 Å². The minimum absolute atomic E-state index is 0.0356. The molecular weight excluding hydrogens is 274 g/mol. The number of nitrogens with one attached hydrogen (secondary N) is 1. The second-order valence-electron chi connectivity index (χ2n) is 6.96. The Bertz CT molecular complexity index is 327. The number of carbonyl (C=O) groups is 2. The number of hydrogen-bond acceptors (Lipinski definition) is 2. The predicted octanol–water partition coefficient (Wildman–Crippen LogP) is 4.64. The maximum atomic E-state index is 12.5. The van der Waals surface area contributed by atoms with Crippen molar-refractivity contribution in [2.75, 3.05) is 6.54 Å². The molecule has 0 saturated carbocycles. The number of ketones is 1. The topological polar surface area (TPSA) is 46.2 Å². The SMILES string of the molecule is CCCCCCCCCC[C@H](C)C(=O)[C@H]1CCCNC(=O)C1. The lowest BCUT2D eigenvalue weighted by atomic mass is 9.86. The first-order chi connectivity index (χ1) is 10.6. The lowest BCUT2D eigenvalue weighted by Gasteiger charge is -2.17. The molecule has 3 nitrogen and oxygen atoms in total. The molecule has 0 aromatic carbocycles. The van der Waals surface area contributed by atoms with E-state index < -0.39 is 0 Å². The Morgan fingerprint density at radius 2 is 1.77 bits per heavy atom. The number of unbranched alkanes of at least 4 members (excludes halogenated alkanes) is 7. The molecule has 1 heterocycles. The van der Waals surface area contributed by atoms with E-state index in [-0.39, 0.29) is 17.7 Å². The van der Waals surface area contributed by atoms with Crippen LogP contribution in [0.4, 0.5) is 0 Å². The van der Waals surface area contributed by atoms with Gasteiger partial charge >= 0.3 is 0 Å². The summed E-state index contributed by atoms with van der Waals surface area (Å²) >= 11 is 0. The van der Waals surface area contributed by atoms with Gasteiger partial charge in [-0.15, -0.1) is 0 Å². The molecule has 1 amide bonds. The van der Waals surface area contributed by atoms with E-state index in [2.05, 4.69) is 12.2 Å². The molecule has 2 atom stereocenters. The summed E-state index contributed by atoms with van der Waals surface area (Å²) in [5.41, 5.74) is 0. The van der Waals surface area contributed by atoms with Gasteiger partial charge in [0.15, 0.2) is 0 Å². The molecular formula is C19H35NO2. The van der Waals surface area contributed by atoms with Crippen molar-refractivity contribution in [3.63, 3.8) is 0 Å². The summed E-state index contributed by atoms with van der Waals surface area (Å²) < 4.78 is 0. The number of rotatable bonds is 11. The molecule has 1 saturated heterocycles. The molecule has 1 aliphatic heterocycles. The summed E-state index contributed by atoms with van der Waals surface area (Å²) in [7, 11) is 0. The van der Waals surface area contributed by atoms with Crippen LogP contribution in [0.5, 0.6) is 0 Å². The van der Waals surface area contributed by atoms with Crippen LogP contribution in [0.15, 0.2) is 0 Å². The van der Waals surface area contributed by atoms with Crippen molar-refractivity contribution in [2.24, 2.45) is 11.8 Å². The van der Waals surface area contributed by atoms with Crippen LogP contribution in [0.25, 0.3) is 0 Å². The summed E-state index contributed by atoms with van der Waals surface area (Å²) in [6.07, 6.45) is 13.6. The van der Waals surface area contributed by atoms with E-state index in [0.29, 0.717) is 12.2 Å². The van der Waals surface area contributed by atoms with E-state index in [1.807, 2.05) is 6.92 Å². The second-order valence-corrected chi connectivity index (χ2v) is 6.96. The van der Waals surface area contributed by atoms with Gasteiger partial charge in [-0.1, -0.05) is 65.2 Å². The zero-order chi connectivity index (χ0) is 16.2. The molecule has 0 bridgehead atoms. The van der Waals surface area contributed by atoms with Crippen molar-refractivity contribution in [1.82, 2.24) is 5.32 Å². The second kappa shape index (κ2) is 11.7. The highest BCUT2D eigenvalue weighted by molar-refractivity contribution is 5.88. The fraction of sp³-hybridized carbons (Fsp3) is 0.895. The summed E-state index contributed by atoms with van der Waals surface area (Å²) in [6, 6.07) is 0. The minimum atomic E-state index is -0.0356. The molecule has 0 aliphatic carbocycles. The van der Waals surface area contributed by atoms with Crippen LogP contribution in [0.3, 0.4) is 0 Å². The third kappa shape index (κ3) is 7.95. The zero-order valence-electron chi connectivity index (χ0n) is 14.7. The Morgan fingerprint density at radius 1 is 1.14 bits per heavy atom. The van der Waals surface area contributed by atoms with Crippen molar-refractivity contribution < 1.29 is 9.59 Å². The molecule has 1 rings (SSSR count). The fourth-order valence-electron chi connectivity index (χ4n) is 3.35. The Labute approximate surface area is 136 Å². The van der Waals surface area contributed by atoms with Crippen molar-refractivity contribution in [2.45, 2.75) is 90.9 Å². The van der Waals surface area contributed by atoms with E-state index in [4.69, 9.17) is 0 Å². The maximum absolute atomic E-state index is 12.5. The first-order valence-electron chi connectivity index (χ1n) is 9.45. The summed E-state index contributed by atoms with van der Waals surface area (Å²) in [6.45, 7) is 5.03. The molecule has 0 aromatic heterocycles. The summed E-state index contributed by atoms with van der Waals surface area (Å²) in [4.78, 5) is 24.0. The summed E-state index contributed by atoms with van der Waals surface area (Å²) in [5, 5.41) is 2.86. The molecule has 22 heavy (non-hydrogen) atoms. The Morgan fingerprint density at radius 3 is 2.45 bits per heavy atom. The van der Waals surface area contributed by atoms with Crippen molar-refractivity contribution in [1.29, 1.82) is 0 Å². The van der Waals surface area contributed by atoms with Gasteiger partial charge in [0, 0.05) is 24.8 Å². The lowest BCUT2D eigenvalue weighted by Crippen LogP contribution is -2.27. The number of amides is 1. The first-order valence-corrected chi connectivity index (χ1v) is 9.45. The molecule has 0 spiro atoms. The van der Waals surface area contributed by atoms with Gasteiger partial charge in [0.2, 0.25) is 5.91 Å². The molecule has 0 unspecified atom stereocenters. The number of carbonyl (C=O) groups excluding carboxylic acids is 2. The highest BCUT2D eigenvalue weighted by Crippen LogP contribution is 2.22. The van der Waals surface area contributed by atoms with Crippen molar-refractivity contribution in [3.05, 3.63) is 0 Å². The van der Waals surface area contributed by atoms with Crippen LogP contribution >= 0.6 is 0 Å². The van der Waals surface area contributed by atoms with Gasteiger partial charge < -0.3 is 5.32 Å². The number of hydrogen-bond donors (Lipinski definition) is 1. The van der Waals surface area contributed by atoms with E-state index in [9.17, 15) is 9.59 Å². The van der Waals surface area contributed by atoms with Gasteiger partial charge in [0.1, 0.15) is 5.78 Å². The molecule has 3 heteroatoms. The third-order valence-electron chi connectivity index (χ3n) is 4.86. The van der Waals surface area contributed by atoms with Crippen LogP contribution < -0.4 is 5.32 Å². The maximum Gasteiger partial charge on any atom is 0.220 e. The Kier molecular flexibility index (Phi) is 10.2. The van der Waals surface area contributed by atoms with Crippen molar-refractivity contribution in [3.8, 4) is 0 Å². The average Bonchev–Trinajstić information content (AvgIpc) is 2.73.